The van der Waals surface area contributed by atoms with Crippen molar-refractivity contribution in [1.82, 2.24) is 0 Å². The number of aliphatic hydroxyl groups is 1. The van der Waals surface area contributed by atoms with E-state index in [0.29, 0.717) is 5.92 Å². The molecule has 7 heteroatoms. The zero-order valence-electron chi connectivity index (χ0n) is 12.3. The third-order valence-corrected chi connectivity index (χ3v) is 4.15. The molecule has 0 amide bonds. The van der Waals surface area contributed by atoms with Crippen molar-refractivity contribution in [1.29, 1.82) is 0 Å². The standard InChI is InChI=1S/C10H22B6O/c1-6(9(11,12)13)7-2-4-8(17,5-3-7)10(14,15)16/h2,4,7,17H,1,3,5,11-16H2. The highest BCUT2D eigenvalue weighted by atomic mass is 16.3. The van der Waals surface area contributed by atoms with E-state index in [1.807, 2.05) is 6.08 Å². The average Bonchev–Trinajstić information content (AvgIpc) is 2.15. The molecule has 0 aromatic heterocycles. The van der Waals surface area contributed by atoms with Gasteiger partial charge >= 0.3 is 0 Å². The van der Waals surface area contributed by atoms with Crippen molar-refractivity contribution in [2.75, 3.05) is 0 Å². The summed E-state index contributed by atoms with van der Waals surface area (Å²) in [7, 11) is 12.9. The first-order valence-electron chi connectivity index (χ1n) is 6.58. The fourth-order valence-corrected chi connectivity index (χ4v) is 2.30. The fourth-order valence-electron chi connectivity index (χ4n) is 2.30. The molecule has 0 spiro atoms. The minimum Gasteiger partial charge on any atom is -0.387 e. The molecule has 0 fully saturated rings. The van der Waals surface area contributed by atoms with Crippen LogP contribution in [0.4, 0.5) is 0 Å². The van der Waals surface area contributed by atoms with E-state index in [1.54, 1.807) is 0 Å². The van der Waals surface area contributed by atoms with Crippen molar-refractivity contribution in [2.45, 2.75) is 28.7 Å². The minimum atomic E-state index is -0.665. The summed E-state index contributed by atoms with van der Waals surface area (Å²) < 4.78 is 0. The Balaban J connectivity index is 2.85. The van der Waals surface area contributed by atoms with Gasteiger partial charge in [0.15, 0.2) is 0 Å². The van der Waals surface area contributed by atoms with Gasteiger partial charge in [-0.3, -0.25) is 0 Å². The first-order valence-corrected chi connectivity index (χ1v) is 6.58. The van der Waals surface area contributed by atoms with Crippen LogP contribution in [0.2, 0.25) is 10.2 Å². The Labute approximate surface area is 111 Å². The third-order valence-electron chi connectivity index (χ3n) is 4.15. The zero-order valence-corrected chi connectivity index (χ0v) is 12.3. The lowest BCUT2D eigenvalue weighted by molar-refractivity contribution is 0.0714. The summed E-state index contributed by atoms with van der Waals surface area (Å²) in [6.07, 6.45) is 5.98. The fraction of sp³-hybridized carbons (Fsp3) is 0.600. The normalized spacial score (nSPS) is 30.1. The summed E-state index contributed by atoms with van der Waals surface area (Å²) in [5.74, 6) is 0.414. The van der Waals surface area contributed by atoms with Gasteiger partial charge in [-0.1, -0.05) is 28.0 Å². The first kappa shape index (κ1) is 14.9. The molecule has 0 radical (unpaired) electrons. The van der Waals surface area contributed by atoms with E-state index in [1.165, 1.54) is 5.57 Å². The number of hydrogen-bond donors (Lipinski definition) is 1. The van der Waals surface area contributed by atoms with Gasteiger partial charge in [-0.05, 0) is 18.8 Å². The van der Waals surface area contributed by atoms with Crippen LogP contribution in [0, 0.1) is 5.92 Å². The van der Waals surface area contributed by atoms with E-state index in [0.717, 1.165) is 12.8 Å². The molecule has 2 unspecified atom stereocenters. The van der Waals surface area contributed by atoms with E-state index in [9.17, 15) is 5.11 Å². The van der Waals surface area contributed by atoms with Crippen LogP contribution in [0.15, 0.2) is 24.3 Å². The smallest absolute Gasteiger partial charge is 0.0951 e. The molecule has 1 aliphatic rings. The highest BCUT2D eigenvalue weighted by Gasteiger charge is 2.40. The van der Waals surface area contributed by atoms with E-state index >= 15 is 0 Å². The van der Waals surface area contributed by atoms with Gasteiger partial charge in [0.25, 0.3) is 0 Å². The second-order valence-corrected chi connectivity index (χ2v) is 7.45. The summed E-state index contributed by atoms with van der Waals surface area (Å²) in [5.41, 5.74) is 0.603. The molecule has 1 aliphatic carbocycles. The van der Waals surface area contributed by atoms with Crippen LogP contribution in [0.25, 0.3) is 0 Å². The topological polar surface area (TPSA) is 20.2 Å². The third kappa shape index (κ3) is 3.19. The molecule has 1 rings (SSSR count). The Morgan fingerprint density at radius 2 is 1.76 bits per heavy atom. The second-order valence-electron chi connectivity index (χ2n) is 7.45. The molecular formula is C10H22B6O. The molecule has 2 atom stereocenters. The van der Waals surface area contributed by atoms with Crippen LogP contribution in [-0.2, 0) is 0 Å². The Morgan fingerprint density at radius 3 is 2.06 bits per heavy atom. The Hall–Kier alpha value is -0.170. The summed E-state index contributed by atoms with van der Waals surface area (Å²) >= 11 is 0. The van der Waals surface area contributed by atoms with Crippen molar-refractivity contribution in [3.05, 3.63) is 24.3 Å². The van der Waals surface area contributed by atoms with Crippen LogP contribution < -0.4 is 0 Å². The van der Waals surface area contributed by atoms with Gasteiger partial charge in [0.05, 0.1) is 52.7 Å². The molecule has 0 heterocycles. The predicted molar refractivity (Wildman–Crippen MR) is 92.6 cm³/mol. The number of allylic oxidation sites excluding steroid dienone is 2. The molecule has 0 saturated carbocycles. The number of rotatable bonds is 3. The van der Waals surface area contributed by atoms with E-state index in [2.05, 4.69) is 59.7 Å². The minimum absolute atomic E-state index is 0.0997. The monoisotopic (exact) mass is 224 g/mol. The molecule has 0 aliphatic heterocycles. The van der Waals surface area contributed by atoms with Crippen molar-refractivity contribution in [3.63, 3.8) is 0 Å². The Bertz CT molecular complexity index is 340. The SMILES string of the molecule is BC(B)(B)C(=C)C1C=CC(O)(C(B)(B)B)CC1. The molecule has 0 saturated heterocycles. The maximum atomic E-state index is 10.6. The second kappa shape index (κ2) is 4.49. The van der Waals surface area contributed by atoms with Gasteiger partial charge in [0.2, 0.25) is 0 Å². The van der Waals surface area contributed by atoms with Gasteiger partial charge in [-0.15, -0.1) is 6.58 Å². The van der Waals surface area contributed by atoms with Gasteiger partial charge in [0.1, 0.15) is 0 Å². The molecule has 86 valence electrons. The Kier molecular flexibility index (Phi) is 3.94. The van der Waals surface area contributed by atoms with Gasteiger partial charge < -0.3 is 5.11 Å². The maximum Gasteiger partial charge on any atom is 0.0951 e. The maximum absolute atomic E-state index is 10.6. The molecule has 17 heavy (non-hydrogen) atoms. The molecule has 0 aromatic carbocycles. The quantitative estimate of drug-likeness (QED) is 0.384. The summed E-state index contributed by atoms with van der Waals surface area (Å²) in [5, 5.41) is 10.6. The van der Waals surface area contributed by atoms with Crippen molar-refractivity contribution >= 4 is 47.1 Å². The molecule has 1 N–H and O–H groups in total. The lowest BCUT2D eigenvalue weighted by Gasteiger charge is -2.43. The lowest BCUT2D eigenvalue weighted by atomic mass is 9.34. The van der Waals surface area contributed by atoms with Gasteiger partial charge in [-0.2, -0.15) is 0 Å². The van der Waals surface area contributed by atoms with E-state index in [4.69, 9.17) is 0 Å². The largest absolute Gasteiger partial charge is 0.387 e. The van der Waals surface area contributed by atoms with Crippen molar-refractivity contribution in [2.24, 2.45) is 5.92 Å². The predicted octanol–water partition coefficient (Wildman–Crippen LogP) is -3.81. The van der Waals surface area contributed by atoms with Gasteiger partial charge in [0, 0.05) is 0 Å². The summed E-state index contributed by atoms with van der Waals surface area (Å²) in [6, 6.07) is 0. The van der Waals surface area contributed by atoms with Crippen LogP contribution >= 0.6 is 0 Å². The highest BCUT2D eigenvalue weighted by Crippen LogP contribution is 2.42. The van der Waals surface area contributed by atoms with E-state index in [-0.39, 0.29) is 10.2 Å². The van der Waals surface area contributed by atoms with Crippen LogP contribution in [-0.4, -0.2) is 57.8 Å². The molecular weight excluding hydrogens is 201 g/mol. The Morgan fingerprint density at radius 1 is 1.24 bits per heavy atom. The van der Waals surface area contributed by atoms with Crippen molar-refractivity contribution < 1.29 is 5.11 Å². The summed E-state index contributed by atoms with van der Waals surface area (Å²) in [6.45, 7) is 4.23. The van der Waals surface area contributed by atoms with Crippen LogP contribution in [0.1, 0.15) is 12.8 Å². The van der Waals surface area contributed by atoms with E-state index < -0.39 is 5.60 Å². The lowest BCUT2D eigenvalue weighted by Crippen LogP contribution is -2.45. The zero-order chi connectivity index (χ0) is 13.5. The van der Waals surface area contributed by atoms with Crippen LogP contribution in [0.5, 0.6) is 0 Å². The molecule has 1 nitrogen and oxygen atoms in total. The van der Waals surface area contributed by atoms with Crippen LogP contribution in [0.3, 0.4) is 0 Å². The molecule has 0 aromatic rings. The summed E-state index contributed by atoms with van der Waals surface area (Å²) in [4.78, 5) is 0. The highest BCUT2D eigenvalue weighted by molar-refractivity contribution is 6.61. The first-order chi connectivity index (χ1) is 7.47. The van der Waals surface area contributed by atoms with Crippen molar-refractivity contribution in [3.8, 4) is 0 Å². The molecule has 0 bridgehead atoms. The average molecular weight is 223 g/mol. The number of hydrogen-bond acceptors (Lipinski definition) is 1. The van der Waals surface area contributed by atoms with Gasteiger partial charge in [-0.25, -0.2) is 0 Å².